The van der Waals surface area contributed by atoms with Crippen LogP contribution in [-0.2, 0) is 7.05 Å². The molecule has 1 aromatic heterocycles. The molecule has 4 nitrogen and oxygen atoms in total. The monoisotopic (exact) mass is 233 g/mol. The molecule has 0 bridgehead atoms. The van der Waals surface area contributed by atoms with Crippen molar-refractivity contribution in [2.24, 2.45) is 7.05 Å². The molecule has 2 aromatic rings. The molecule has 0 unspecified atom stereocenters. The summed E-state index contributed by atoms with van der Waals surface area (Å²) in [7, 11) is 1.67. The van der Waals surface area contributed by atoms with Crippen molar-refractivity contribution in [3.8, 4) is 0 Å². The summed E-state index contributed by atoms with van der Waals surface area (Å²) in [5, 5.41) is 6.07. The topological polar surface area (TPSA) is 49.8 Å². The van der Waals surface area contributed by atoms with E-state index >= 15 is 0 Å². The molecule has 3 rings (SSSR count). The summed E-state index contributed by atoms with van der Waals surface area (Å²) in [6.45, 7) is 0.626. The zero-order valence-electron chi connectivity index (χ0n) is 9.33. The normalized spacial score (nSPS) is 17.9. The number of nitrogens with zero attached hydrogens (tertiary/aromatic N) is 1. The van der Waals surface area contributed by atoms with Gasteiger partial charge >= 0.3 is 0 Å². The van der Waals surface area contributed by atoms with E-state index in [4.69, 9.17) is 0 Å². The maximum Gasteiger partial charge on any atom is 0.272 e. The second-order valence-electron chi connectivity index (χ2n) is 4.25. The highest BCUT2D eigenvalue weighted by atomic mass is 19.1. The van der Waals surface area contributed by atoms with Crippen molar-refractivity contribution < 1.29 is 4.39 Å². The summed E-state index contributed by atoms with van der Waals surface area (Å²) in [5.74, 6) is 0.390. The molecule has 88 valence electrons. The second kappa shape index (κ2) is 3.48. The molecule has 0 fully saturated rings. The number of hydrogen-bond acceptors (Lipinski definition) is 2. The molecule has 0 saturated heterocycles. The zero-order chi connectivity index (χ0) is 12.0. The van der Waals surface area contributed by atoms with Crippen LogP contribution in [0.2, 0.25) is 0 Å². The number of aromatic amines is 1. The van der Waals surface area contributed by atoms with Gasteiger partial charge in [-0.05, 0) is 17.7 Å². The van der Waals surface area contributed by atoms with Crippen molar-refractivity contribution in [2.45, 2.75) is 5.92 Å². The lowest BCUT2D eigenvalue weighted by atomic mass is 9.95. The summed E-state index contributed by atoms with van der Waals surface area (Å²) in [6, 6.07) is 6.40. The molecule has 0 radical (unpaired) electrons. The summed E-state index contributed by atoms with van der Waals surface area (Å²) >= 11 is 0. The van der Waals surface area contributed by atoms with Gasteiger partial charge in [-0.3, -0.25) is 14.6 Å². The number of fused-ring (bicyclic) bond motifs is 1. The van der Waals surface area contributed by atoms with E-state index in [1.165, 1.54) is 16.8 Å². The molecule has 0 saturated carbocycles. The first-order valence-corrected chi connectivity index (χ1v) is 5.45. The van der Waals surface area contributed by atoms with E-state index in [-0.39, 0.29) is 17.3 Å². The molecular formula is C12H12FN3O. The van der Waals surface area contributed by atoms with Crippen molar-refractivity contribution >= 4 is 5.82 Å². The fourth-order valence-electron chi connectivity index (χ4n) is 2.34. The lowest BCUT2D eigenvalue weighted by Crippen LogP contribution is -2.19. The van der Waals surface area contributed by atoms with E-state index in [1.54, 1.807) is 13.1 Å². The second-order valence-corrected chi connectivity index (χ2v) is 4.25. The van der Waals surface area contributed by atoms with E-state index in [1.807, 2.05) is 6.07 Å². The summed E-state index contributed by atoms with van der Waals surface area (Å²) in [4.78, 5) is 11.9. The summed E-state index contributed by atoms with van der Waals surface area (Å²) < 4.78 is 14.6. The van der Waals surface area contributed by atoms with Crippen LogP contribution >= 0.6 is 0 Å². The molecule has 1 atom stereocenters. The number of aryl methyl sites for hydroxylation is 1. The minimum absolute atomic E-state index is 0.0562. The largest absolute Gasteiger partial charge is 0.369 e. The van der Waals surface area contributed by atoms with E-state index in [2.05, 4.69) is 10.4 Å². The van der Waals surface area contributed by atoms with Crippen LogP contribution in [0.15, 0.2) is 29.1 Å². The van der Waals surface area contributed by atoms with Gasteiger partial charge in [0.2, 0.25) is 0 Å². The molecular weight excluding hydrogens is 221 g/mol. The Kier molecular flexibility index (Phi) is 2.07. The molecule has 1 aliphatic heterocycles. The quantitative estimate of drug-likeness (QED) is 0.782. The van der Waals surface area contributed by atoms with Crippen LogP contribution in [-0.4, -0.2) is 16.3 Å². The third-order valence-corrected chi connectivity index (χ3v) is 3.17. The van der Waals surface area contributed by atoms with Crippen LogP contribution < -0.4 is 10.9 Å². The smallest absolute Gasteiger partial charge is 0.272 e. The summed E-state index contributed by atoms with van der Waals surface area (Å²) in [5.41, 5.74) is 1.46. The third-order valence-electron chi connectivity index (χ3n) is 3.17. The Hall–Kier alpha value is -2.04. The first kappa shape index (κ1) is 10.1. The SMILES string of the molecule is Cn1[nH]c2c(c1=O)[C@H](c1cccc(F)c1)CN2. The summed E-state index contributed by atoms with van der Waals surface area (Å²) in [6.07, 6.45) is 0. The number of H-pyrrole nitrogens is 1. The lowest BCUT2D eigenvalue weighted by Gasteiger charge is -2.08. The first-order chi connectivity index (χ1) is 8.16. The number of rotatable bonds is 1. The Bertz CT molecular complexity index is 629. The fraction of sp³-hybridized carbons (Fsp3) is 0.250. The number of benzene rings is 1. The van der Waals surface area contributed by atoms with Gasteiger partial charge in [-0.1, -0.05) is 12.1 Å². The highest BCUT2D eigenvalue weighted by molar-refractivity contribution is 5.55. The van der Waals surface area contributed by atoms with Crippen LogP contribution in [0.4, 0.5) is 10.2 Å². The lowest BCUT2D eigenvalue weighted by molar-refractivity contribution is 0.624. The molecule has 2 N–H and O–H groups in total. The molecule has 2 heterocycles. The molecule has 17 heavy (non-hydrogen) atoms. The maximum atomic E-state index is 13.2. The van der Waals surface area contributed by atoms with Crippen LogP contribution in [0.25, 0.3) is 0 Å². The van der Waals surface area contributed by atoms with Crippen molar-refractivity contribution in [2.75, 3.05) is 11.9 Å². The Labute approximate surface area is 97.1 Å². The first-order valence-electron chi connectivity index (χ1n) is 5.45. The van der Waals surface area contributed by atoms with Gasteiger partial charge in [0.15, 0.2) is 0 Å². The molecule has 1 aliphatic rings. The minimum atomic E-state index is -0.275. The van der Waals surface area contributed by atoms with Crippen LogP contribution in [0, 0.1) is 5.82 Å². The van der Waals surface area contributed by atoms with Crippen LogP contribution in [0.3, 0.4) is 0 Å². The number of halogens is 1. The van der Waals surface area contributed by atoms with Gasteiger partial charge in [-0.2, -0.15) is 0 Å². The van der Waals surface area contributed by atoms with E-state index in [0.29, 0.717) is 12.1 Å². The highest BCUT2D eigenvalue weighted by Gasteiger charge is 2.29. The van der Waals surface area contributed by atoms with E-state index < -0.39 is 0 Å². The van der Waals surface area contributed by atoms with Gasteiger partial charge in [-0.25, -0.2) is 4.39 Å². The Morgan fingerprint density at radius 1 is 1.47 bits per heavy atom. The fourth-order valence-corrected chi connectivity index (χ4v) is 2.34. The molecule has 0 spiro atoms. The van der Waals surface area contributed by atoms with Gasteiger partial charge < -0.3 is 5.32 Å². The highest BCUT2D eigenvalue weighted by Crippen LogP contribution is 2.32. The number of aromatic nitrogens is 2. The predicted molar refractivity (Wildman–Crippen MR) is 62.8 cm³/mol. The molecule has 1 aromatic carbocycles. The number of nitrogens with one attached hydrogen (secondary N) is 2. The third kappa shape index (κ3) is 1.46. The minimum Gasteiger partial charge on any atom is -0.369 e. The van der Waals surface area contributed by atoms with Crippen molar-refractivity contribution in [3.63, 3.8) is 0 Å². The average molecular weight is 233 g/mol. The van der Waals surface area contributed by atoms with E-state index in [0.717, 1.165) is 11.4 Å². The molecule has 0 amide bonds. The van der Waals surface area contributed by atoms with Gasteiger partial charge in [0, 0.05) is 19.5 Å². The zero-order valence-corrected chi connectivity index (χ0v) is 9.33. The van der Waals surface area contributed by atoms with Crippen molar-refractivity contribution in [3.05, 3.63) is 51.6 Å². The number of hydrogen-bond donors (Lipinski definition) is 2. The van der Waals surface area contributed by atoms with E-state index in [9.17, 15) is 9.18 Å². The molecule has 5 heteroatoms. The average Bonchev–Trinajstić information content (AvgIpc) is 2.81. The Balaban J connectivity index is 2.12. The Morgan fingerprint density at radius 2 is 2.29 bits per heavy atom. The Morgan fingerprint density at radius 3 is 3.06 bits per heavy atom. The van der Waals surface area contributed by atoms with Gasteiger partial charge in [-0.15, -0.1) is 0 Å². The standard InChI is InChI=1S/C12H12FN3O/c1-16-12(17)10-9(6-14-11(10)15-16)7-3-2-4-8(13)5-7/h2-5,9,14-15H,6H2,1H3/t9-/m0/s1. The maximum absolute atomic E-state index is 13.2. The predicted octanol–water partition coefficient (Wildman–Crippen LogP) is 1.41. The van der Waals surface area contributed by atoms with Crippen molar-refractivity contribution in [1.29, 1.82) is 0 Å². The number of anilines is 1. The van der Waals surface area contributed by atoms with Crippen LogP contribution in [0.5, 0.6) is 0 Å². The van der Waals surface area contributed by atoms with Gasteiger partial charge in [0.1, 0.15) is 11.6 Å². The van der Waals surface area contributed by atoms with Gasteiger partial charge in [0.05, 0.1) is 5.56 Å². The van der Waals surface area contributed by atoms with Crippen molar-refractivity contribution in [1.82, 2.24) is 9.78 Å². The van der Waals surface area contributed by atoms with Crippen LogP contribution in [0.1, 0.15) is 17.0 Å². The van der Waals surface area contributed by atoms with Gasteiger partial charge in [0.25, 0.3) is 5.56 Å². The molecule has 0 aliphatic carbocycles.